The zero-order chi connectivity index (χ0) is 8.48. The fraction of sp³-hybridized carbons (Fsp3) is 0.875. The number of hydrogen-bond donors (Lipinski definition) is 2. The van der Waals surface area contributed by atoms with Crippen LogP contribution in [0.2, 0.25) is 0 Å². The van der Waals surface area contributed by atoms with Crippen molar-refractivity contribution in [3.63, 3.8) is 0 Å². The zero-order valence-corrected chi connectivity index (χ0v) is 7.35. The SMILES string of the molecule is CC1(C)CCCN(C(=N)N)C1. The topological polar surface area (TPSA) is 53.1 Å². The molecule has 3 nitrogen and oxygen atoms in total. The minimum absolute atomic E-state index is 0.220. The number of nitrogens with zero attached hydrogens (tertiary/aromatic N) is 1. The van der Waals surface area contributed by atoms with Crippen LogP contribution < -0.4 is 5.73 Å². The summed E-state index contributed by atoms with van der Waals surface area (Å²) in [4.78, 5) is 1.95. The van der Waals surface area contributed by atoms with Gasteiger partial charge in [0.05, 0.1) is 0 Å². The van der Waals surface area contributed by atoms with Crippen molar-refractivity contribution in [2.24, 2.45) is 11.1 Å². The molecule has 1 aliphatic rings. The molecule has 0 atom stereocenters. The molecule has 3 N–H and O–H groups in total. The lowest BCUT2D eigenvalue weighted by Crippen LogP contribution is -2.46. The number of rotatable bonds is 0. The van der Waals surface area contributed by atoms with Crippen LogP contribution in [0.15, 0.2) is 0 Å². The van der Waals surface area contributed by atoms with Crippen LogP contribution in [0.25, 0.3) is 0 Å². The highest BCUT2D eigenvalue weighted by Gasteiger charge is 2.26. The summed E-state index contributed by atoms with van der Waals surface area (Å²) in [5, 5.41) is 7.27. The summed E-state index contributed by atoms with van der Waals surface area (Å²) in [5.74, 6) is 0.220. The standard InChI is InChI=1S/C8H17N3/c1-8(2)4-3-5-11(6-8)7(9)10/h3-6H2,1-2H3,(H3,9,10). The molecule has 1 saturated heterocycles. The first kappa shape index (κ1) is 8.37. The first-order valence-electron chi connectivity index (χ1n) is 4.10. The monoisotopic (exact) mass is 155 g/mol. The lowest BCUT2D eigenvalue weighted by Gasteiger charge is -2.38. The Morgan fingerprint density at radius 3 is 2.55 bits per heavy atom. The Kier molecular flexibility index (Phi) is 2.07. The number of piperidine rings is 1. The van der Waals surface area contributed by atoms with Crippen LogP contribution >= 0.6 is 0 Å². The molecule has 0 saturated carbocycles. The van der Waals surface area contributed by atoms with Gasteiger partial charge in [0, 0.05) is 13.1 Å². The number of nitrogens with two attached hydrogens (primary N) is 1. The van der Waals surface area contributed by atoms with E-state index in [0.29, 0.717) is 5.41 Å². The summed E-state index contributed by atoms with van der Waals surface area (Å²) in [6.45, 7) is 6.34. The van der Waals surface area contributed by atoms with Gasteiger partial charge >= 0.3 is 0 Å². The largest absolute Gasteiger partial charge is 0.370 e. The summed E-state index contributed by atoms with van der Waals surface area (Å²) >= 11 is 0. The van der Waals surface area contributed by atoms with Crippen LogP contribution in [0.5, 0.6) is 0 Å². The minimum Gasteiger partial charge on any atom is -0.370 e. The molecule has 3 heteroatoms. The number of nitrogens with one attached hydrogen (secondary N) is 1. The van der Waals surface area contributed by atoms with E-state index in [1.807, 2.05) is 4.90 Å². The Balaban J connectivity index is 2.53. The van der Waals surface area contributed by atoms with Gasteiger partial charge in [0.15, 0.2) is 5.96 Å². The van der Waals surface area contributed by atoms with Gasteiger partial charge in [0.1, 0.15) is 0 Å². The summed E-state index contributed by atoms with van der Waals surface area (Å²) in [7, 11) is 0. The van der Waals surface area contributed by atoms with Crippen molar-refractivity contribution in [2.75, 3.05) is 13.1 Å². The molecule has 1 rings (SSSR count). The summed E-state index contributed by atoms with van der Waals surface area (Å²) in [6.07, 6.45) is 2.41. The molecule has 1 fully saturated rings. The molecule has 0 radical (unpaired) electrons. The van der Waals surface area contributed by atoms with Crippen molar-refractivity contribution in [1.82, 2.24) is 4.90 Å². The lowest BCUT2D eigenvalue weighted by atomic mass is 9.84. The maximum absolute atomic E-state index is 7.27. The third-order valence-electron chi connectivity index (χ3n) is 2.24. The molecule has 0 bridgehead atoms. The minimum atomic E-state index is 0.220. The van der Waals surface area contributed by atoms with Crippen LogP contribution in [0, 0.1) is 10.8 Å². The van der Waals surface area contributed by atoms with Crippen molar-refractivity contribution < 1.29 is 0 Å². The highest BCUT2D eigenvalue weighted by atomic mass is 15.2. The van der Waals surface area contributed by atoms with E-state index in [4.69, 9.17) is 11.1 Å². The van der Waals surface area contributed by atoms with E-state index in [-0.39, 0.29) is 5.96 Å². The second-order valence-corrected chi connectivity index (χ2v) is 4.07. The Bertz CT molecular complexity index is 163. The number of hydrogen-bond acceptors (Lipinski definition) is 1. The quantitative estimate of drug-likeness (QED) is 0.405. The normalized spacial score (nSPS) is 23.3. The van der Waals surface area contributed by atoms with Crippen LogP contribution in [-0.2, 0) is 0 Å². The highest BCUT2D eigenvalue weighted by molar-refractivity contribution is 5.74. The van der Waals surface area contributed by atoms with Crippen molar-refractivity contribution in [3.8, 4) is 0 Å². The maximum Gasteiger partial charge on any atom is 0.188 e. The Labute approximate surface area is 68.1 Å². The predicted molar refractivity (Wildman–Crippen MR) is 46.5 cm³/mol. The van der Waals surface area contributed by atoms with E-state index < -0.39 is 0 Å². The molecule has 1 aliphatic heterocycles. The summed E-state index contributed by atoms with van der Waals surface area (Å²) in [5.41, 5.74) is 5.73. The van der Waals surface area contributed by atoms with Gasteiger partial charge in [-0.2, -0.15) is 0 Å². The Morgan fingerprint density at radius 1 is 1.55 bits per heavy atom. The molecule has 0 amide bonds. The highest BCUT2D eigenvalue weighted by Crippen LogP contribution is 2.27. The molecule has 64 valence electrons. The molecule has 0 aliphatic carbocycles. The van der Waals surface area contributed by atoms with E-state index in [9.17, 15) is 0 Å². The third kappa shape index (κ3) is 2.10. The average molecular weight is 155 g/mol. The third-order valence-corrected chi connectivity index (χ3v) is 2.24. The van der Waals surface area contributed by atoms with Gasteiger partial charge in [-0.05, 0) is 18.3 Å². The smallest absolute Gasteiger partial charge is 0.188 e. The summed E-state index contributed by atoms with van der Waals surface area (Å²) < 4.78 is 0. The van der Waals surface area contributed by atoms with Gasteiger partial charge in [0.2, 0.25) is 0 Å². The van der Waals surface area contributed by atoms with Gasteiger partial charge in [-0.3, -0.25) is 5.41 Å². The maximum atomic E-state index is 7.27. The van der Waals surface area contributed by atoms with Crippen molar-refractivity contribution in [2.45, 2.75) is 26.7 Å². The van der Waals surface area contributed by atoms with Crippen LogP contribution in [0.1, 0.15) is 26.7 Å². The van der Waals surface area contributed by atoms with Gasteiger partial charge in [-0.1, -0.05) is 13.8 Å². The lowest BCUT2D eigenvalue weighted by molar-refractivity contribution is 0.176. The van der Waals surface area contributed by atoms with Crippen molar-refractivity contribution in [1.29, 1.82) is 5.41 Å². The van der Waals surface area contributed by atoms with Crippen molar-refractivity contribution in [3.05, 3.63) is 0 Å². The molecule has 0 aromatic rings. The number of guanidine groups is 1. The predicted octanol–water partition coefficient (Wildman–Crippen LogP) is 1.00. The Morgan fingerprint density at radius 2 is 2.18 bits per heavy atom. The van der Waals surface area contributed by atoms with E-state index in [1.54, 1.807) is 0 Å². The van der Waals surface area contributed by atoms with E-state index in [2.05, 4.69) is 13.8 Å². The molecule has 0 unspecified atom stereocenters. The van der Waals surface area contributed by atoms with Crippen LogP contribution in [-0.4, -0.2) is 23.9 Å². The second-order valence-electron chi connectivity index (χ2n) is 4.07. The molecule has 1 heterocycles. The summed E-state index contributed by atoms with van der Waals surface area (Å²) in [6, 6.07) is 0. The van der Waals surface area contributed by atoms with Gasteiger partial charge < -0.3 is 10.6 Å². The zero-order valence-electron chi connectivity index (χ0n) is 7.35. The second kappa shape index (κ2) is 2.72. The van der Waals surface area contributed by atoms with Gasteiger partial charge in [-0.25, -0.2) is 0 Å². The van der Waals surface area contributed by atoms with E-state index in [1.165, 1.54) is 6.42 Å². The van der Waals surface area contributed by atoms with E-state index >= 15 is 0 Å². The van der Waals surface area contributed by atoms with Gasteiger partial charge in [-0.15, -0.1) is 0 Å². The first-order valence-corrected chi connectivity index (χ1v) is 4.10. The first-order chi connectivity index (χ1) is 5.01. The Hall–Kier alpha value is -0.730. The van der Waals surface area contributed by atoms with E-state index in [0.717, 1.165) is 19.5 Å². The number of likely N-dealkylation sites (tertiary alicyclic amines) is 1. The molecule has 0 spiro atoms. The van der Waals surface area contributed by atoms with Crippen molar-refractivity contribution >= 4 is 5.96 Å². The fourth-order valence-corrected chi connectivity index (χ4v) is 1.63. The molecular weight excluding hydrogens is 138 g/mol. The van der Waals surface area contributed by atoms with Gasteiger partial charge in [0.25, 0.3) is 0 Å². The molecule has 0 aromatic heterocycles. The molecular formula is C8H17N3. The fourth-order valence-electron chi connectivity index (χ4n) is 1.63. The molecule has 11 heavy (non-hydrogen) atoms. The average Bonchev–Trinajstić information content (AvgIpc) is 1.85. The molecule has 0 aromatic carbocycles. The van der Waals surface area contributed by atoms with Crippen LogP contribution in [0.4, 0.5) is 0 Å². The van der Waals surface area contributed by atoms with Crippen LogP contribution in [0.3, 0.4) is 0 Å².